The first-order valence-corrected chi connectivity index (χ1v) is 11.0. The molecular formula is C26H18Cl2N2O3. The van der Waals surface area contributed by atoms with Crippen LogP contribution in [-0.4, -0.2) is 21.8 Å². The molecular weight excluding hydrogens is 459 g/mol. The van der Waals surface area contributed by atoms with E-state index in [1.54, 1.807) is 24.4 Å². The fraction of sp³-hybridized carbons (Fsp3) is 0.0769. The SMILES string of the molecule is Cc1ccc(N2C(=O)C(=O)/C(=C(/O)c3ccc(Cl)c(Cl)c3)C2c2c[nH]c3ccccc23)cc1. The minimum absolute atomic E-state index is 0.0104. The van der Waals surface area contributed by atoms with Crippen LogP contribution in [0, 0.1) is 6.92 Å². The average molecular weight is 477 g/mol. The Balaban J connectivity index is 1.78. The molecule has 0 radical (unpaired) electrons. The minimum Gasteiger partial charge on any atom is -0.507 e. The topological polar surface area (TPSA) is 73.4 Å². The summed E-state index contributed by atoms with van der Waals surface area (Å²) in [7, 11) is 0. The number of fused-ring (bicyclic) bond motifs is 1. The van der Waals surface area contributed by atoms with Gasteiger partial charge in [-0.05, 0) is 43.3 Å². The molecule has 4 aromatic rings. The first kappa shape index (κ1) is 21.3. The lowest BCUT2D eigenvalue weighted by Gasteiger charge is -2.25. The number of para-hydroxylation sites is 1. The monoisotopic (exact) mass is 476 g/mol. The smallest absolute Gasteiger partial charge is 0.300 e. The number of anilines is 1. The molecule has 2 N–H and O–H groups in total. The first-order chi connectivity index (χ1) is 15.9. The van der Waals surface area contributed by atoms with Gasteiger partial charge in [-0.25, -0.2) is 0 Å². The molecule has 1 fully saturated rings. The summed E-state index contributed by atoms with van der Waals surface area (Å²) in [5, 5.41) is 12.6. The van der Waals surface area contributed by atoms with Crippen molar-refractivity contribution in [3.05, 3.63) is 105 Å². The maximum atomic E-state index is 13.3. The van der Waals surface area contributed by atoms with E-state index < -0.39 is 17.7 Å². The van der Waals surface area contributed by atoms with E-state index in [0.717, 1.165) is 16.5 Å². The Kier molecular flexibility index (Phi) is 5.23. The minimum atomic E-state index is -0.835. The molecule has 1 atom stereocenters. The Morgan fingerprint density at radius 1 is 0.970 bits per heavy atom. The van der Waals surface area contributed by atoms with E-state index in [-0.39, 0.29) is 16.4 Å². The van der Waals surface area contributed by atoms with Gasteiger partial charge in [0, 0.05) is 33.9 Å². The number of aliphatic hydroxyl groups excluding tert-OH is 1. The molecule has 1 aliphatic rings. The Bertz CT molecular complexity index is 1450. The van der Waals surface area contributed by atoms with Crippen LogP contribution < -0.4 is 4.90 Å². The molecule has 0 saturated carbocycles. The molecule has 3 aromatic carbocycles. The van der Waals surface area contributed by atoms with Crippen LogP contribution in [0.15, 0.2) is 78.5 Å². The van der Waals surface area contributed by atoms with Crippen LogP contribution in [0.25, 0.3) is 16.7 Å². The number of Topliss-reactive ketones (excluding diaryl/α,β-unsaturated/α-hetero) is 1. The van der Waals surface area contributed by atoms with Crippen LogP contribution in [0.2, 0.25) is 10.0 Å². The summed E-state index contributed by atoms with van der Waals surface area (Å²) in [5.74, 6) is -1.79. The third kappa shape index (κ3) is 3.50. The van der Waals surface area contributed by atoms with Crippen molar-refractivity contribution in [2.45, 2.75) is 13.0 Å². The van der Waals surface area contributed by atoms with Gasteiger partial charge in [-0.3, -0.25) is 14.5 Å². The van der Waals surface area contributed by atoms with Gasteiger partial charge in [0.2, 0.25) is 0 Å². The molecule has 5 rings (SSSR count). The number of aliphatic hydroxyl groups is 1. The predicted molar refractivity (Wildman–Crippen MR) is 131 cm³/mol. The van der Waals surface area contributed by atoms with Crippen molar-refractivity contribution in [3.8, 4) is 0 Å². The van der Waals surface area contributed by atoms with Gasteiger partial charge in [-0.2, -0.15) is 0 Å². The Morgan fingerprint density at radius 2 is 1.70 bits per heavy atom. The second kappa shape index (κ2) is 8.10. The first-order valence-electron chi connectivity index (χ1n) is 10.3. The Labute approximate surface area is 199 Å². The van der Waals surface area contributed by atoms with E-state index >= 15 is 0 Å². The van der Waals surface area contributed by atoms with Gasteiger partial charge in [-0.15, -0.1) is 0 Å². The zero-order chi connectivity index (χ0) is 23.3. The summed E-state index contributed by atoms with van der Waals surface area (Å²) in [6.45, 7) is 1.94. The van der Waals surface area contributed by atoms with E-state index in [0.29, 0.717) is 21.8 Å². The number of ketones is 1. The summed E-state index contributed by atoms with van der Waals surface area (Å²) in [6, 6.07) is 18.7. The summed E-state index contributed by atoms with van der Waals surface area (Å²) in [5.41, 5.74) is 3.43. The van der Waals surface area contributed by atoms with Crippen molar-refractivity contribution < 1.29 is 14.7 Å². The number of aromatic nitrogens is 1. The van der Waals surface area contributed by atoms with Gasteiger partial charge in [0.25, 0.3) is 11.7 Å². The quantitative estimate of drug-likeness (QED) is 0.204. The number of hydrogen-bond acceptors (Lipinski definition) is 3. The molecule has 2 heterocycles. The van der Waals surface area contributed by atoms with Gasteiger partial charge in [0.15, 0.2) is 0 Å². The number of nitrogens with one attached hydrogen (secondary N) is 1. The summed E-state index contributed by atoms with van der Waals surface area (Å²) in [4.78, 5) is 31.2. The van der Waals surface area contributed by atoms with E-state index in [1.807, 2.05) is 43.3 Å². The molecule has 0 bridgehead atoms. The highest BCUT2D eigenvalue weighted by atomic mass is 35.5. The second-order valence-corrected chi connectivity index (χ2v) is 8.74. The lowest BCUT2D eigenvalue weighted by Crippen LogP contribution is -2.29. The molecule has 1 amide bonds. The number of hydrogen-bond donors (Lipinski definition) is 2. The van der Waals surface area contributed by atoms with Gasteiger partial charge in [-0.1, -0.05) is 59.1 Å². The van der Waals surface area contributed by atoms with Crippen molar-refractivity contribution in [3.63, 3.8) is 0 Å². The second-order valence-electron chi connectivity index (χ2n) is 7.92. The van der Waals surface area contributed by atoms with Crippen molar-refractivity contribution in [2.24, 2.45) is 0 Å². The third-order valence-electron chi connectivity index (χ3n) is 5.87. The molecule has 7 heteroatoms. The lowest BCUT2D eigenvalue weighted by atomic mass is 9.94. The number of amides is 1. The summed E-state index contributed by atoms with van der Waals surface area (Å²) < 4.78 is 0. The summed E-state index contributed by atoms with van der Waals surface area (Å²) >= 11 is 12.2. The number of benzene rings is 3. The Hall–Kier alpha value is -3.54. The zero-order valence-corrected chi connectivity index (χ0v) is 19.0. The molecule has 164 valence electrons. The fourth-order valence-electron chi connectivity index (χ4n) is 4.22. The van der Waals surface area contributed by atoms with Crippen LogP contribution in [0.5, 0.6) is 0 Å². The van der Waals surface area contributed by atoms with E-state index in [2.05, 4.69) is 4.98 Å². The van der Waals surface area contributed by atoms with Gasteiger partial charge in [0.05, 0.1) is 21.7 Å². The zero-order valence-electron chi connectivity index (χ0n) is 17.5. The Morgan fingerprint density at radius 3 is 2.42 bits per heavy atom. The van der Waals surface area contributed by atoms with E-state index in [9.17, 15) is 14.7 Å². The number of carbonyl (C=O) groups is 2. The number of carbonyl (C=O) groups excluding carboxylic acids is 2. The number of H-pyrrole nitrogens is 1. The van der Waals surface area contributed by atoms with Crippen molar-refractivity contribution in [2.75, 3.05) is 4.90 Å². The molecule has 5 nitrogen and oxygen atoms in total. The van der Waals surface area contributed by atoms with E-state index in [4.69, 9.17) is 23.2 Å². The summed E-state index contributed by atoms with van der Waals surface area (Å²) in [6.07, 6.45) is 1.77. The largest absolute Gasteiger partial charge is 0.507 e. The maximum absolute atomic E-state index is 13.3. The van der Waals surface area contributed by atoms with Gasteiger partial charge < -0.3 is 10.1 Å². The van der Waals surface area contributed by atoms with Crippen molar-refractivity contribution in [1.82, 2.24) is 4.98 Å². The van der Waals surface area contributed by atoms with Crippen molar-refractivity contribution >= 4 is 57.2 Å². The molecule has 0 spiro atoms. The highest BCUT2D eigenvalue weighted by Gasteiger charge is 2.47. The maximum Gasteiger partial charge on any atom is 0.300 e. The molecule has 1 aromatic heterocycles. The fourth-order valence-corrected chi connectivity index (χ4v) is 4.52. The van der Waals surface area contributed by atoms with Crippen LogP contribution in [0.4, 0.5) is 5.69 Å². The van der Waals surface area contributed by atoms with Crippen LogP contribution >= 0.6 is 23.2 Å². The molecule has 1 aliphatic heterocycles. The van der Waals surface area contributed by atoms with Gasteiger partial charge in [0.1, 0.15) is 5.76 Å². The van der Waals surface area contributed by atoms with E-state index in [1.165, 1.54) is 17.0 Å². The van der Waals surface area contributed by atoms with Crippen molar-refractivity contribution in [1.29, 1.82) is 0 Å². The molecule has 0 aliphatic carbocycles. The standard InChI is InChI=1S/C26H18Cl2N2O3/c1-14-6-9-16(10-7-14)30-23(18-13-29-21-5-3-2-4-17(18)21)22(25(32)26(30)33)24(31)15-8-11-19(27)20(28)12-15/h2-13,23,29,31H,1H3/b24-22+. The highest BCUT2D eigenvalue weighted by molar-refractivity contribution is 6.52. The predicted octanol–water partition coefficient (Wildman–Crippen LogP) is 6.41. The van der Waals surface area contributed by atoms with Gasteiger partial charge >= 0.3 is 0 Å². The van der Waals surface area contributed by atoms with Crippen LogP contribution in [-0.2, 0) is 9.59 Å². The molecule has 1 saturated heterocycles. The number of halogens is 2. The molecule has 1 unspecified atom stereocenters. The number of rotatable bonds is 3. The molecule has 33 heavy (non-hydrogen) atoms. The van der Waals surface area contributed by atoms with Crippen LogP contribution in [0.1, 0.15) is 22.7 Å². The number of aryl methyl sites for hydroxylation is 1. The number of nitrogens with zero attached hydrogens (tertiary/aromatic N) is 1. The highest BCUT2D eigenvalue weighted by Crippen LogP contribution is 2.44. The lowest BCUT2D eigenvalue weighted by molar-refractivity contribution is -0.132. The normalized spacial score (nSPS) is 17.8. The van der Waals surface area contributed by atoms with Crippen LogP contribution in [0.3, 0.4) is 0 Å². The third-order valence-corrected chi connectivity index (χ3v) is 6.60. The average Bonchev–Trinajstić information content (AvgIpc) is 3.35. The number of aromatic amines is 1.